The fourth-order valence-corrected chi connectivity index (χ4v) is 2.68. The van der Waals surface area contributed by atoms with Gasteiger partial charge in [-0.15, -0.1) is 0 Å². The van der Waals surface area contributed by atoms with E-state index in [1.165, 1.54) is 18.6 Å². The number of hydrogen-bond donors (Lipinski definition) is 1. The van der Waals surface area contributed by atoms with E-state index in [1.54, 1.807) is 12.1 Å². The zero-order valence-corrected chi connectivity index (χ0v) is 12.2. The third-order valence-corrected chi connectivity index (χ3v) is 3.91. The minimum absolute atomic E-state index is 0.0272. The maximum atomic E-state index is 12.9. The maximum absolute atomic E-state index is 12.9. The maximum Gasteiger partial charge on any atom is 0.239 e. The fraction of sp³-hybridized carbons (Fsp3) is 0.562. The summed E-state index contributed by atoms with van der Waals surface area (Å²) in [6.45, 7) is 5.63. The van der Waals surface area contributed by atoms with Gasteiger partial charge < -0.3 is 4.90 Å². The summed E-state index contributed by atoms with van der Waals surface area (Å²) in [6, 6.07) is 6.22. The number of amides is 1. The molecule has 0 bridgehead atoms. The van der Waals surface area contributed by atoms with E-state index in [1.807, 2.05) is 18.7 Å². The standard InChI is InChI=1S/C16H23FN2O/c1-12(14-6-8-15(17)9-7-14)18-13(2)16(20)19-10-4-3-5-11-19/h6-9,12-13,18H,3-5,10-11H2,1-2H3. The average Bonchev–Trinajstić information content (AvgIpc) is 2.48. The van der Waals surface area contributed by atoms with Crippen molar-refractivity contribution in [1.29, 1.82) is 0 Å². The van der Waals surface area contributed by atoms with E-state index in [-0.39, 0.29) is 23.8 Å². The van der Waals surface area contributed by atoms with Crippen LogP contribution in [0.1, 0.15) is 44.7 Å². The van der Waals surface area contributed by atoms with Gasteiger partial charge in [-0.25, -0.2) is 4.39 Å². The monoisotopic (exact) mass is 278 g/mol. The van der Waals surface area contributed by atoms with Gasteiger partial charge in [0, 0.05) is 19.1 Å². The van der Waals surface area contributed by atoms with Gasteiger partial charge in [-0.05, 0) is 50.8 Å². The molecule has 1 heterocycles. The Hall–Kier alpha value is -1.42. The quantitative estimate of drug-likeness (QED) is 0.918. The zero-order valence-electron chi connectivity index (χ0n) is 12.2. The highest BCUT2D eigenvalue weighted by molar-refractivity contribution is 5.81. The van der Waals surface area contributed by atoms with Crippen LogP contribution in [0.25, 0.3) is 0 Å². The Morgan fingerprint density at radius 1 is 1.15 bits per heavy atom. The van der Waals surface area contributed by atoms with E-state index in [0.717, 1.165) is 31.5 Å². The molecule has 1 fully saturated rings. The molecule has 20 heavy (non-hydrogen) atoms. The molecule has 1 saturated heterocycles. The second-order valence-electron chi connectivity index (χ2n) is 5.55. The molecule has 0 spiro atoms. The molecule has 0 radical (unpaired) electrons. The van der Waals surface area contributed by atoms with Crippen molar-refractivity contribution in [2.24, 2.45) is 0 Å². The summed E-state index contributed by atoms with van der Waals surface area (Å²) in [7, 11) is 0. The van der Waals surface area contributed by atoms with Gasteiger partial charge in [0.25, 0.3) is 0 Å². The Morgan fingerprint density at radius 3 is 2.35 bits per heavy atom. The third kappa shape index (κ3) is 3.79. The van der Waals surface area contributed by atoms with Gasteiger partial charge in [0.1, 0.15) is 5.82 Å². The number of nitrogens with zero attached hydrogens (tertiary/aromatic N) is 1. The van der Waals surface area contributed by atoms with E-state index < -0.39 is 0 Å². The molecule has 3 nitrogen and oxygen atoms in total. The molecule has 2 unspecified atom stereocenters. The summed E-state index contributed by atoms with van der Waals surface area (Å²) in [5.74, 6) is -0.0722. The Bertz CT molecular complexity index is 440. The molecule has 2 rings (SSSR count). The summed E-state index contributed by atoms with van der Waals surface area (Å²) in [5.41, 5.74) is 0.990. The first-order chi connectivity index (χ1) is 9.58. The molecule has 0 aromatic heterocycles. The van der Waals surface area contributed by atoms with Gasteiger partial charge in [0.15, 0.2) is 0 Å². The van der Waals surface area contributed by atoms with Crippen LogP contribution in [0.5, 0.6) is 0 Å². The van der Waals surface area contributed by atoms with Crippen LogP contribution in [0.4, 0.5) is 4.39 Å². The second-order valence-corrected chi connectivity index (χ2v) is 5.55. The first-order valence-electron chi connectivity index (χ1n) is 7.38. The number of rotatable bonds is 4. The van der Waals surface area contributed by atoms with Crippen LogP contribution in [0, 0.1) is 5.82 Å². The number of piperidine rings is 1. The van der Waals surface area contributed by atoms with Crippen LogP contribution in [0.3, 0.4) is 0 Å². The van der Waals surface area contributed by atoms with Gasteiger partial charge in [-0.3, -0.25) is 10.1 Å². The largest absolute Gasteiger partial charge is 0.341 e. The third-order valence-electron chi connectivity index (χ3n) is 3.91. The summed E-state index contributed by atoms with van der Waals surface area (Å²) in [4.78, 5) is 14.3. The highest BCUT2D eigenvalue weighted by Crippen LogP contribution is 2.15. The van der Waals surface area contributed by atoms with Crippen LogP contribution < -0.4 is 5.32 Å². The van der Waals surface area contributed by atoms with E-state index >= 15 is 0 Å². The highest BCUT2D eigenvalue weighted by atomic mass is 19.1. The van der Waals surface area contributed by atoms with Crippen molar-refractivity contribution in [3.05, 3.63) is 35.6 Å². The lowest BCUT2D eigenvalue weighted by Crippen LogP contribution is -2.47. The molecule has 0 aliphatic carbocycles. The molecular weight excluding hydrogens is 255 g/mol. The number of hydrogen-bond acceptors (Lipinski definition) is 2. The second kappa shape index (κ2) is 6.84. The Labute approximate surface area is 120 Å². The van der Waals surface area contributed by atoms with Crippen molar-refractivity contribution in [3.8, 4) is 0 Å². The minimum atomic E-state index is -0.238. The predicted molar refractivity (Wildman–Crippen MR) is 77.8 cm³/mol. The number of likely N-dealkylation sites (tertiary alicyclic amines) is 1. The Balaban J connectivity index is 1.91. The molecule has 110 valence electrons. The Kier molecular flexibility index (Phi) is 5.12. The topological polar surface area (TPSA) is 32.3 Å². The smallest absolute Gasteiger partial charge is 0.239 e. The number of carbonyl (C=O) groups is 1. The molecule has 1 amide bonds. The molecule has 1 aliphatic rings. The molecule has 1 N–H and O–H groups in total. The first kappa shape index (κ1) is 15.0. The highest BCUT2D eigenvalue weighted by Gasteiger charge is 2.23. The van der Waals surface area contributed by atoms with Gasteiger partial charge in [0.2, 0.25) is 5.91 Å². The number of nitrogens with one attached hydrogen (secondary N) is 1. The van der Waals surface area contributed by atoms with Crippen LogP contribution in [-0.4, -0.2) is 29.9 Å². The lowest BCUT2D eigenvalue weighted by atomic mass is 10.1. The molecular formula is C16H23FN2O. The summed E-state index contributed by atoms with van der Waals surface area (Å²) in [6.07, 6.45) is 3.43. The summed E-state index contributed by atoms with van der Waals surface area (Å²) in [5, 5.41) is 3.30. The molecule has 4 heteroatoms. The van der Waals surface area contributed by atoms with E-state index in [9.17, 15) is 9.18 Å². The van der Waals surface area contributed by atoms with Crippen molar-refractivity contribution in [2.75, 3.05) is 13.1 Å². The van der Waals surface area contributed by atoms with Crippen molar-refractivity contribution in [3.63, 3.8) is 0 Å². The van der Waals surface area contributed by atoms with Gasteiger partial charge in [0.05, 0.1) is 6.04 Å². The van der Waals surface area contributed by atoms with Crippen molar-refractivity contribution in [2.45, 2.75) is 45.2 Å². The van der Waals surface area contributed by atoms with Crippen molar-refractivity contribution < 1.29 is 9.18 Å². The normalized spacial score (nSPS) is 18.6. The Morgan fingerprint density at radius 2 is 1.75 bits per heavy atom. The molecule has 1 aromatic rings. The average molecular weight is 278 g/mol. The predicted octanol–water partition coefficient (Wildman–Crippen LogP) is 2.88. The van der Waals surface area contributed by atoms with E-state index in [0.29, 0.717) is 0 Å². The van der Waals surface area contributed by atoms with Crippen LogP contribution in [0.2, 0.25) is 0 Å². The minimum Gasteiger partial charge on any atom is -0.341 e. The fourth-order valence-electron chi connectivity index (χ4n) is 2.68. The van der Waals surface area contributed by atoms with Gasteiger partial charge >= 0.3 is 0 Å². The zero-order chi connectivity index (χ0) is 14.5. The van der Waals surface area contributed by atoms with Crippen molar-refractivity contribution in [1.82, 2.24) is 10.2 Å². The van der Waals surface area contributed by atoms with Gasteiger partial charge in [-0.2, -0.15) is 0 Å². The van der Waals surface area contributed by atoms with Gasteiger partial charge in [-0.1, -0.05) is 12.1 Å². The number of carbonyl (C=O) groups excluding carboxylic acids is 1. The summed E-state index contributed by atoms with van der Waals surface area (Å²) >= 11 is 0. The lowest BCUT2D eigenvalue weighted by molar-refractivity contribution is -0.134. The van der Waals surface area contributed by atoms with Crippen LogP contribution in [-0.2, 0) is 4.79 Å². The lowest BCUT2D eigenvalue weighted by Gasteiger charge is -2.30. The van der Waals surface area contributed by atoms with Crippen LogP contribution >= 0.6 is 0 Å². The van der Waals surface area contributed by atoms with E-state index in [4.69, 9.17) is 0 Å². The SMILES string of the molecule is CC(NC(C)c1ccc(F)cc1)C(=O)N1CCCCC1. The van der Waals surface area contributed by atoms with E-state index in [2.05, 4.69) is 5.32 Å². The number of halogens is 1. The first-order valence-corrected chi connectivity index (χ1v) is 7.38. The summed E-state index contributed by atoms with van der Waals surface area (Å²) < 4.78 is 12.9. The molecule has 1 aromatic carbocycles. The van der Waals surface area contributed by atoms with Crippen molar-refractivity contribution >= 4 is 5.91 Å². The van der Waals surface area contributed by atoms with Crippen LogP contribution in [0.15, 0.2) is 24.3 Å². The molecule has 0 saturated carbocycles. The molecule has 2 atom stereocenters. The number of benzene rings is 1. The molecule has 1 aliphatic heterocycles.